The molecule has 7 nitrogen and oxygen atoms in total. The topological polar surface area (TPSA) is 94.2 Å². The molecule has 0 saturated heterocycles. The molecule has 2 aromatic rings. The molecular weight excluding hydrogens is 286 g/mol. The highest BCUT2D eigenvalue weighted by Crippen LogP contribution is 2.16. The van der Waals surface area contributed by atoms with Gasteiger partial charge in [-0.15, -0.1) is 0 Å². The number of para-hydroxylation sites is 1. The zero-order valence-electron chi connectivity index (χ0n) is 12.2. The first-order chi connectivity index (χ1) is 10.4. The number of aromatic nitrogens is 1. The molecule has 114 valence electrons. The van der Waals surface area contributed by atoms with Gasteiger partial charge in [0.2, 0.25) is 5.91 Å². The molecule has 1 N–H and O–H groups in total. The standard InChI is InChI=1S/C15H15N3O4/c1-10-5-3-4-6-12(10)16-14(19)9-17-11(2)13(18(21)22)7-8-15(17)20/h3-8H,9H2,1-2H3,(H,16,19). The van der Waals surface area contributed by atoms with Gasteiger partial charge in [0.05, 0.1) is 10.6 Å². The van der Waals surface area contributed by atoms with Crippen LogP contribution in [0.2, 0.25) is 0 Å². The summed E-state index contributed by atoms with van der Waals surface area (Å²) in [6, 6.07) is 9.46. The number of rotatable bonds is 4. The monoisotopic (exact) mass is 301 g/mol. The van der Waals surface area contributed by atoms with E-state index >= 15 is 0 Å². The van der Waals surface area contributed by atoms with Crippen molar-refractivity contribution in [3.05, 3.63) is 68.1 Å². The van der Waals surface area contributed by atoms with Gasteiger partial charge in [-0.1, -0.05) is 18.2 Å². The van der Waals surface area contributed by atoms with Crippen molar-refractivity contribution in [3.63, 3.8) is 0 Å². The maximum absolute atomic E-state index is 12.1. The number of nitro groups is 1. The number of carbonyl (C=O) groups is 1. The lowest BCUT2D eigenvalue weighted by Gasteiger charge is -2.11. The van der Waals surface area contributed by atoms with Crippen LogP contribution in [0.15, 0.2) is 41.2 Å². The molecule has 0 atom stereocenters. The summed E-state index contributed by atoms with van der Waals surface area (Å²) in [6.07, 6.45) is 0. The van der Waals surface area contributed by atoms with Gasteiger partial charge in [-0.25, -0.2) is 0 Å². The maximum atomic E-state index is 12.1. The number of anilines is 1. The number of nitrogens with zero attached hydrogens (tertiary/aromatic N) is 2. The van der Waals surface area contributed by atoms with Crippen LogP contribution < -0.4 is 10.9 Å². The van der Waals surface area contributed by atoms with E-state index in [9.17, 15) is 19.7 Å². The summed E-state index contributed by atoms with van der Waals surface area (Å²) in [7, 11) is 0. The molecule has 0 aliphatic heterocycles. The Kier molecular flexibility index (Phi) is 4.36. The fourth-order valence-corrected chi connectivity index (χ4v) is 2.10. The first-order valence-corrected chi connectivity index (χ1v) is 6.60. The Morgan fingerprint density at radius 2 is 1.91 bits per heavy atom. The van der Waals surface area contributed by atoms with Gasteiger partial charge >= 0.3 is 0 Å². The summed E-state index contributed by atoms with van der Waals surface area (Å²) in [4.78, 5) is 34.2. The maximum Gasteiger partial charge on any atom is 0.288 e. The fraction of sp³-hybridized carbons (Fsp3) is 0.200. The molecule has 1 aromatic carbocycles. The van der Waals surface area contributed by atoms with Gasteiger partial charge in [-0.2, -0.15) is 0 Å². The Balaban J connectivity index is 2.26. The third kappa shape index (κ3) is 3.20. The molecule has 1 heterocycles. The summed E-state index contributed by atoms with van der Waals surface area (Å²) in [5.41, 5.74) is 1.03. The lowest BCUT2D eigenvalue weighted by atomic mass is 10.2. The Morgan fingerprint density at radius 3 is 2.55 bits per heavy atom. The molecule has 0 aliphatic carbocycles. The first kappa shape index (κ1) is 15.4. The van der Waals surface area contributed by atoms with E-state index in [2.05, 4.69) is 5.32 Å². The molecule has 0 spiro atoms. The third-order valence-corrected chi connectivity index (χ3v) is 3.34. The number of hydrogen-bond acceptors (Lipinski definition) is 4. The van der Waals surface area contributed by atoms with E-state index in [4.69, 9.17) is 0 Å². The zero-order valence-corrected chi connectivity index (χ0v) is 12.2. The first-order valence-electron chi connectivity index (χ1n) is 6.60. The molecule has 7 heteroatoms. The van der Waals surface area contributed by atoms with Crippen molar-refractivity contribution in [3.8, 4) is 0 Å². The molecule has 0 saturated carbocycles. The molecule has 0 bridgehead atoms. The SMILES string of the molecule is Cc1ccccc1NC(=O)Cn1c(C)c([N+](=O)[O-])ccc1=O. The summed E-state index contributed by atoms with van der Waals surface area (Å²) < 4.78 is 1.09. The lowest BCUT2D eigenvalue weighted by molar-refractivity contribution is -0.386. The zero-order chi connectivity index (χ0) is 16.3. The molecule has 0 aliphatic rings. The smallest absolute Gasteiger partial charge is 0.288 e. The summed E-state index contributed by atoms with van der Waals surface area (Å²) >= 11 is 0. The van der Waals surface area contributed by atoms with Gasteiger partial charge in [0, 0.05) is 17.8 Å². The van der Waals surface area contributed by atoms with Gasteiger partial charge in [0.25, 0.3) is 11.2 Å². The number of benzene rings is 1. The molecule has 1 aromatic heterocycles. The fourth-order valence-electron chi connectivity index (χ4n) is 2.10. The minimum absolute atomic E-state index is 0.150. The van der Waals surface area contributed by atoms with Gasteiger partial charge in [0.1, 0.15) is 6.54 Å². The molecule has 0 fully saturated rings. The molecule has 2 rings (SSSR count). The normalized spacial score (nSPS) is 10.3. The predicted octanol–water partition coefficient (Wildman–Crippen LogP) is 2.01. The van der Waals surface area contributed by atoms with Gasteiger partial charge in [0.15, 0.2) is 0 Å². The summed E-state index contributed by atoms with van der Waals surface area (Å²) in [5.74, 6) is -0.417. The average Bonchev–Trinajstić information content (AvgIpc) is 2.45. The minimum Gasteiger partial charge on any atom is -0.324 e. The molecule has 0 unspecified atom stereocenters. The van der Waals surface area contributed by atoms with Crippen molar-refractivity contribution >= 4 is 17.3 Å². The van der Waals surface area contributed by atoms with Crippen molar-refractivity contribution < 1.29 is 9.72 Å². The van der Waals surface area contributed by atoms with Crippen LogP contribution in [-0.2, 0) is 11.3 Å². The molecular formula is C15H15N3O4. The van der Waals surface area contributed by atoms with Crippen molar-refractivity contribution in [1.29, 1.82) is 0 Å². The van der Waals surface area contributed by atoms with Crippen molar-refractivity contribution in [1.82, 2.24) is 4.57 Å². The second kappa shape index (κ2) is 6.21. The minimum atomic E-state index is -0.579. The van der Waals surface area contributed by atoms with E-state index in [1.807, 2.05) is 19.1 Å². The molecule has 0 radical (unpaired) electrons. The van der Waals surface area contributed by atoms with Crippen LogP contribution in [0.3, 0.4) is 0 Å². The second-order valence-corrected chi connectivity index (χ2v) is 4.85. The van der Waals surface area contributed by atoms with Crippen LogP contribution in [0.4, 0.5) is 11.4 Å². The van der Waals surface area contributed by atoms with Crippen LogP contribution in [0.5, 0.6) is 0 Å². The van der Waals surface area contributed by atoms with Gasteiger partial charge < -0.3 is 5.32 Å². The van der Waals surface area contributed by atoms with Gasteiger partial charge in [-0.05, 0) is 25.5 Å². The van der Waals surface area contributed by atoms with E-state index in [1.54, 1.807) is 12.1 Å². The van der Waals surface area contributed by atoms with Crippen LogP contribution in [-0.4, -0.2) is 15.4 Å². The van der Waals surface area contributed by atoms with E-state index in [0.29, 0.717) is 5.69 Å². The summed E-state index contributed by atoms with van der Waals surface area (Å²) in [6.45, 7) is 3.02. The lowest BCUT2D eigenvalue weighted by Crippen LogP contribution is -2.29. The molecule has 22 heavy (non-hydrogen) atoms. The number of carbonyl (C=O) groups excluding carboxylic acids is 1. The number of hydrogen-bond donors (Lipinski definition) is 1. The Bertz CT molecular complexity index is 796. The van der Waals surface area contributed by atoms with Crippen LogP contribution in [0.1, 0.15) is 11.3 Å². The van der Waals surface area contributed by atoms with Crippen LogP contribution >= 0.6 is 0 Å². The average molecular weight is 301 g/mol. The second-order valence-electron chi connectivity index (χ2n) is 4.85. The highest BCUT2D eigenvalue weighted by Gasteiger charge is 2.17. The largest absolute Gasteiger partial charge is 0.324 e. The number of amides is 1. The van der Waals surface area contributed by atoms with Crippen molar-refractivity contribution in [2.75, 3.05) is 5.32 Å². The predicted molar refractivity (Wildman–Crippen MR) is 81.9 cm³/mol. The van der Waals surface area contributed by atoms with Crippen molar-refractivity contribution in [2.24, 2.45) is 0 Å². The molecule has 1 amide bonds. The van der Waals surface area contributed by atoms with Crippen LogP contribution in [0, 0.1) is 24.0 Å². The number of aryl methyl sites for hydroxylation is 1. The highest BCUT2D eigenvalue weighted by molar-refractivity contribution is 5.91. The number of pyridine rings is 1. The highest BCUT2D eigenvalue weighted by atomic mass is 16.6. The Labute approximate surface area is 126 Å². The van der Waals surface area contributed by atoms with E-state index in [1.165, 1.54) is 6.92 Å². The van der Waals surface area contributed by atoms with E-state index in [-0.39, 0.29) is 17.9 Å². The van der Waals surface area contributed by atoms with E-state index < -0.39 is 16.4 Å². The van der Waals surface area contributed by atoms with Gasteiger partial charge in [-0.3, -0.25) is 24.3 Å². The van der Waals surface area contributed by atoms with Crippen LogP contribution in [0.25, 0.3) is 0 Å². The van der Waals surface area contributed by atoms with E-state index in [0.717, 1.165) is 22.3 Å². The van der Waals surface area contributed by atoms with Crippen molar-refractivity contribution in [2.45, 2.75) is 20.4 Å². The summed E-state index contributed by atoms with van der Waals surface area (Å²) in [5, 5.41) is 13.6. The third-order valence-electron chi connectivity index (χ3n) is 3.34. The Hall–Kier alpha value is -2.96. The quantitative estimate of drug-likeness (QED) is 0.690. The number of nitrogens with one attached hydrogen (secondary N) is 1. The Morgan fingerprint density at radius 1 is 1.23 bits per heavy atom.